The van der Waals surface area contributed by atoms with Crippen molar-refractivity contribution in [3.8, 4) is 0 Å². The van der Waals surface area contributed by atoms with E-state index in [2.05, 4.69) is 37.4 Å². The van der Waals surface area contributed by atoms with E-state index in [0.29, 0.717) is 6.42 Å². The first-order valence-electron chi connectivity index (χ1n) is 6.15. The van der Waals surface area contributed by atoms with E-state index in [0.717, 1.165) is 25.9 Å². The van der Waals surface area contributed by atoms with Gasteiger partial charge in [0.2, 0.25) is 5.91 Å². The molecule has 0 aliphatic rings. The minimum absolute atomic E-state index is 0.209. The van der Waals surface area contributed by atoms with Gasteiger partial charge in [0, 0.05) is 13.0 Å². The fraction of sp³-hybridized carbons (Fsp3) is 0.500. The highest BCUT2D eigenvalue weighted by atomic mass is 16.1. The first kappa shape index (κ1) is 13.7. The Bertz CT molecular complexity index is 374. The predicted octanol–water partition coefficient (Wildman–Crippen LogP) is 2.05. The maximum absolute atomic E-state index is 10.5. The molecule has 0 saturated heterocycles. The Balaban J connectivity index is 2.22. The summed E-state index contributed by atoms with van der Waals surface area (Å²) < 4.78 is 0. The van der Waals surface area contributed by atoms with Crippen LogP contribution in [0.3, 0.4) is 0 Å². The summed E-state index contributed by atoms with van der Waals surface area (Å²) in [7, 11) is 0. The molecule has 3 N–H and O–H groups in total. The van der Waals surface area contributed by atoms with Gasteiger partial charge in [-0.15, -0.1) is 0 Å². The lowest BCUT2D eigenvalue weighted by Gasteiger charge is -2.09. The van der Waals surface area contributed by atoms with Gasteiger partial charge in [0.1, 0.15) is 0 Å². The van der Waals surface area contributed by atoms with Crippen LogP contribution < -0.4 is 11.1 Å². The number of rotatable bonds is 7. The van der Waals surface area contributed by atoms with Gasteiger partial charge in [-0.25, -0.2) is 0 Å². The molecule has 0 bridgehead atoms. The number of carbonyl (C=O) groups is 1. The van der Waals surface area contributed by atoms with E-state index < -0.39 is 0 Å². The van der Waals surface area contributed by atoms with Crippen molar-refractivity contribution in [1.82, 2.24) is 5.32 Å². The summed E-state index contributed by atoms with van der Waals surface area (Å²) in [6.45, 7) is 6.11. The van der Waals surface area contributed by atoms with Gasteiger partial charge >= 0.3 is 0 Å². The highest BCUT2D eigenvalue weighted by Crippen LogP contribution is 2.12. The molecule has 0 radical (unpaired) electrons. The van der Waals surface area contributed by atoms with Crippen LogP contribution in [0, 0.1) is 13.8 Å². The fourth-order valence-electron chi connectivity index (χ4n) is 1.78. The van der Waals surface area contributed by atoms with Crippen LogP contribution in [-0.2, 0) is 11.3 Å². The largest absolute Gasteiger partial charge is 0.370 e. The molecule has 0 saturated carbocycles. The van der Waals surface area contributed by atoms with E-state index in [-0.39, 0.29) is 5.91 Å². The van der Waals surface area contributed by atoms with Crippen LogP contribution in [0.25, 0.3) is 0 Å². The molecule has 1 aromatic rings. The normalized spacial score (nSPS) is 10.5. The summed E-state index contributed by atoms with van der Waals surface area (Å²) in [5.74, 6) is -0.209. The van der Waals surface area contributed by atoms with Gasteiger partial charge in [0.15, 0.2) is 0 Å². The van der Waals surface area contributed by atoms with Gasteiger partial charge in [-0.1, -0.05) is 18.2 Å². The summed E-state index contributed by atoms with van der Waals surface area (Å²) in [5.41, 5.74) is 9.11. The zero-order valence-corrected chi connectivity index (χ0v) is 10.8. The Morgan fingerprint density at radius 1 is 1.29 bits per heavy atom. The zero-order chi connectivity index (χ0) is 12.7. The molecule has 0 spiro atoms. The number of hydrogen-bond acceptors (Lipinski definition) is 2. The van der Waals surface area contributed by atoms with E-state index in [1.54, 1.807) is 0 Å². The first-order chi connectivity index (χ1) is 8.11. The third-order valence-electron chi connectivity index (χ3n) is 3.06. The average Bonchev–Trinajstić information content (AvgIpc) is 2.28. The molecule has 1 aromatic carbocycles. The molecule has 94 valence electrons. The first-order valence-corrected chi connectivity index (χ1v) is 6.15. The molecule has 17 heavy (non-hydrogen) atoms. The van der Waals surface area contributed by atoms with Crippen molar-refractivity contribution in [1.29, 1.82) is 0 Å². The number of nitrogens with one attached hydrogen (secondary N) is 1. The highest BCUT2D eigenvalue weighted by molar-refractivity contribution is 5.73. The molecule has 0 aromatic heterocycles. The van der Waals surface area contributed by atoms with Crippen LogP contribution in [0.15, 0.2) is 18.2 Å². The maximum Gasteiger partial charge on any atom is 0.217 e. The standard InChI is InChI=1S/C14H22N2O/c1-11-6-5-7-13(12(11)2)10-16-9-4-3-8-14(15)17/h5-7,16H,3-4,8-10H2,1-2H3,(H2,15,17). The minimum atomic E-state index is -0.209. The number of nitrogens with two attached hydrogens (primary N) is 1. The van der Waals surface area contributed by atoms with E-state index in [1.165, 1.54) is 16.7 Å². The maximum atomic E-state index is 10.5. The molecule has 0 heterocycles. The number of carbonyl (C=O) groups excluding carboxylic acids is 1. The molecule has 0 aliphatic heterocycles. The zero-order valence-electron chi connectivity index (χ0n) is 10.8. The summed E-state index contributed by atoms with van der Waals surface area (Å²) in [6, 6.07) is 6.37. The topological polar surface area (TPSA) is 55.1 Å². The molecular weight excluding hydrogens is 212 g/mol. The van der Waals surface area contributed by atoms with E-state index >= 15 is 0 Å². The van der Waals surface area contributed by atoms with E-state index in [1.807, 2.05) is 0 Å². The highest BCUT2D eigenvalue weighted by Gasteiger charge is 2.00. The number of aryl methyl sites for hydroxylation is 1. The monoisotopic (exact) mass is 234 g/mol. The molecule has 3 nitrogen and oxygen atoms in total. The molecule has 0 atom stereocenters. The van der Waals surface area contributed by atoms with Gasteiger partial charge in [0.05, 0.1) is 0 Å². The molecule has 1 rings (SSSR count). The number of amides is 1. The predicted molar refractivity (Wildman–Crippen MR) is 70.7 cm³/mol. The third-order valence-corrected chi connectivity index (χ3v) is 3.06. The van der Waals surface area contributed by atoms with Gasteiger partial charge in [-0.2, -0.15) is 0 Å². The molecule has 0 fully saturated rings. The Kier molecular flexibility index (Phi) is 5.70. The summed E-state index contributed by atoms with van der Waals surface area (Å²) in [4.78, 5) is 10.5. The second kappa shape index (κ2) is 7.07. The van der Waals surface area contributed by atoms with Crippen LogP contribution in [0.5, 0.6) is 0 Å². The van der Waals surface area contributed by atoms with Gasteiger partial charge in [0.25, 0.3) is 0 Å². The number of hydrogen-bond donors (Lipinski definition) is 2. The summed E-state index contributed by atoms with van der Waals surface area (Å²) in [5, 5.41) is 3.39. The van der Waals surface area contributed by atoms with Crippen molar-refractivity contribution in [3.05, 3.63) is 34.9 Å². The van der Waals surface area contributed by atoms with Gasteiger partial charge in [-0.3, -0.25) is 4.79 Å². The number of benzene rings is 1. The lowest BCUT2D eigenvalue weighted by atomic mass is 10.0. The van der Waals surface area contributed by atoms with E-state index in [4.69, 9.17) is 5.73 Å². The Hall–Kier alpha value is -1.35. The number of primary amides is 1. The van der Waals surface area contributed by atoms with Gasteiger partial charge in [-0.05, 0) is 49.9 Å². The van der Waals surface area contributed by atoms with Crippen LogP contribution in [0.4, 0.5) is 0 Å². The van der Waals surface area contributed by atoms with Crippen molar-refractivity contribution < 1.29 is 4.79 Å². The van der Waals surface area contributed by atoms with Crippen molar-refractivity contribution >= 4 is 5.91 Å². The lowest BCUT2D eigenvalue weighted by Crippen LogP contribution is -2.17. The van der Waals surface area contributed by atoms with Crippen LogP contribution >= 0.6 is 0 Å². The number of unbranched alkanes of at least 4 members (excludes halogenated alkanes) is 1. The van der Waals surface area contributed by atoms with Crippen LogP contribution in [-0.4, -0.2) is 12.5 Å². The molecule has 0 unspecified atom stereocenters. The van der Waals surface area contributed by atoms with Crippen molar-refractivity contribution in [2.24, 2.45) is 5.73 Å². The van der Waals surface area contributed by atoms with Crippen molar-refractivity contribution in [2.45, 2.75) is 39.7 Å². The molecule has 1 amide bonds. The second-order valence-corrected chi connectivity index (χ2v) is 4.46. The summed E-state index contributed by atoms with van der Waals surface area (Å²) >= 11 is 0. The SMILES string of the molecule is Cc1cccc(CNCCCCC(N)=O)c1C. The molecule has 3 heteroatoms. The smallest absolute Gasteiger partial charge is 0.217 e. The quantitative estimate of drug-likeness (QED) is 0.709. The Labute approximate surface area is 103 Å². The fourth-order valence-corrected chi connectivity index (χ4v) is 1.78. The van der Waals surface area contributed by atoms with Crippen LogP contribution in [0.1, 0.15) is 36.0 Å². The van der Waals surface area contributed by atoms with Crippen molar-refractivity contribution in [2.75, 3.05) is 6.54 Å². The Morgan fingerprint density at radius 2 is 2.06 bits per heavy atom. The van der Waals surface area contributed by atoms with Crippen molar-refractivity contribution in [3.63, 3.8) is 0 Å². The summed E-state index contributed by atoms with van der Waals surface area (Å²) in [6.07, 6.45) is 2.36. The molecular formula is C14H22N2O. The minimum Gasteiger partial charge on any atom is -0.370 e. The van der Waals surface area contributed by atoms with Crippen LogP contribution in [0.2, 0.25) is 0 Å². The van der Waals surface area contributed by atoms with Gasteiger partial charge < -0.3 is 11.1 Å². The second-order valence-electron chi connectivity index (χ2n) is 4.46. The average molecular weight is 234 g/mol. The Morgan fingerprint density at radius 3 is 2.76 bits per heavy atom. The molecule has 0 aliphatic carbocycles. The van der Waals surface area contributed by atoms with E-state index in [9.17, 15) is 4.79 Å². The lowest BCUT2D eigenvalue weighted by molar-refractivity contribution is -0.118. The third kappa shape index (κ3) is 5.00.